The molecule has 2 fully saturated rings. The lowest BCUT2D eigenvalue weighted by Gasteiger charge is -2.37. The molecule has 4 unspecified atom stereocenters. The van der Waals surface area contributed by atoms with Gasteiger partial charge in [0, 0.05) is 26.7 Å². The van der Waals surface area contributed by atoms with Crippen LogP contribution >= 0.6 is 24.0 Å². The van der Waals surface area contributed by atoms with E-state index in [0.29, 0.717) is 0 Å². The first kappa shape index (κ1) is 18.6. The van der Waals surface area contributed by atoms with Crippen molar-refractivity contribution in [2.75, 3.05) is 26.7 Å². The monoisotopic (exact) mass is 427 g/mol. The molecule has 0 amide bonds. The molecule has 1 saturated carbocycles. The van der Waals surface area contributed by atoms with Gasteiger partial charge >= 0.3 is 0 Å². The Morgan fingerprint density at radius 3 is 2.39 bits per heavy atom. The minimum atomic E-state index is 0. The van der Waals surface area contributed by atoms with E-state index >= 15 is 0 Å². The Bertz CT molecular complexity index is 507. The van der Waals surface area contributed by atoms with Crippen molar-refractivity contribution in [3.8, 4) is 0 Å². The van der Waals surface area contributed by atoms with Crippen LogP contribution in [-0.2, 0) is 0 Å². The zero-order valence-corrected chi connectivity index (χ0v) is 16.9. The zero-order chi connectivity index (χ0) is 15.5. The molecule has 128 valence electrons. The molecular weight excluding hydrogens is 397 g/mol. The van der Waals surface area contributed by atoms with Crippen LogP contribution in [0, 0.1) is 17.8 Å². The number of hydrogen-bond acceptors (Lipinski definition) is 1. The molecule has 0 spiro atoms. The number of halogens is 1. The van der Waals surface area contributed by atoms with Crippen LogP contribution in [0.2, 0.25) is 0 Å². The smallest absolute Gasteiger partial charge is 0.193 e. The van der Waals surface area contributed by atoms with Gasteiger partial charge < -0.3 is 10.2 Å². The number of benzene rings is 1. The first-order chi connectivity index (χ1) is 10.7. The van der Waals surface area contributed by atoms with Gasteiger partial charge in [-0.2, -0.15) is 0 Å². The summed E-state index contributed by atoms with van der Waals surface area (Å²) in [7, 11) is 1.91. The third-order valence-electron chi connectivity index (χ3n) is 5.05. The molecule has 4 atom stereocenters. The van der Waals surface area contributed by atoms with E-state index in [0.717, 1.165) is 49.3 Å². The van der Waals surface area contributed by atoms with Crippen LogP contribution < -0.4 is 5.32 Å². The van der Waals surface area contributed by atoms with Gasteiger partial charge in [0.1, 0.15) is 0 Å². The predicted molar refractivity (Wildman–Crippen MR) is 109 cm³/mol. The topological polar surface area (TPSA) is 27.6 Å². The molecule has 3 rings (SSSR count). The molecule has 0 radical (unpaired) electrons. The highest BCUT2D eigenvalue weighted by atomic mass is 127. The van der Waals surface area contributed by atoms with E-state index in [1.807, 2.05) is 7.05 Å². The van der Waals surface area contributed by atoms with Gasteiger partial charge in [-0.1, -0.05) is 44.2 Å². The Morgan fingerprint density at radius 1 is 1.13 bits per heavy atom. The Kier molecular flexibility index (Phi) is 6.74. The van der Waals surface area contributed by atoms with Gasteiger partial charge in [0.25, 0.3) is 0 Å². The average Bonchev–Trinajstić information content (AvgIpc) is 3.27. The van der Waals surface area contributed by atoms with Crippen molar-refractivity contribution in [3.63, 3.8) is 0 Å². The number of nitrogens with zero attached hydrogens (tertiary/aromatic N) is 2. The number of likely N-dealkylation sites (tertiary alicyclic amines) is 1. The van der Waals surface area contributed by atoms with E-state index < -0.39 is 0 Å². The fourth-order valence-electron chi connectivity index (χ4n) is 3.97. The second-order valence-corrected chi connectivity index (χ2v) is 7.29. The first-order valence-corrected chi connectivity index (χ1v) is 8.68. The first-order valence-electron chi connectivity index (χ1n) is 8.68. The summed E-state index contributed by atoms with van der Waals surface area (Å²) in [5.41, 5.74) is 1.49. The number of hydrogen-bond donors (Lipinski definition) is 1. The molecule has 2 aliphatic rings. The Morgan fingerprint density at radius 2 is 1.78 bits per heavy atom. The minimum Gasteiger partial charge on any atom is -0.356 e. The Balaban J connectivity index is 0.00000192. The van der Waals surface area contributed by atoms with Crippen molar-refractivity contribution in [2.45, 2.75) is 32.6 Å². The summed E-state index contributed by atoms with van der Waals surface area (Å²) >= 11 is 0. The quantitative estimate of drug-likeness (QED) is 0.449. The zero-order valence-electron chi connectivity index (χ0n) is 14.5. The van der Waals surface area contributed by atoms with Crippen molar-refractivity contribution in [3.05, 3.63) is 35.9 Å². The maximum Gasteiger partial charge on any atom is 0.193 e. The van der Waals surface area contributed by atoms with Crippen molar-refractivity contribution < 1.29 is 0 Å². The van der Waals surface area contributed by atoms with Gasteiger partial charge in [-0.25, -0.2) is 0 Å². The molecule has 1 aromatic carbocycles. The SMILES string of the molecule is CN=C(NCC1CC1c1ccccc1)N1CC(C)CC(C)C1.I. The predicted octanol–water partition coefficient (Wildman–Crippen LogP) is 3.96. The molecule has 3 nitrogen and oxygen atoms in total. The molecule has 1 aromatic rings. The van der Waals surface area contributed by atoms with Crippen LogP contribution in [0.3, 0.4) is 0 Å². The fourth-order valence-corrected chi connectivity index (χ4v) is 3.97. The van der Waals surface area contributed by atoms with Crippen LogP contribution in [0.4, 0.5) is 0 Å². The van der Waals surface area contributed by atoms with Crippen molar-refractivity contribution in [2.24, 2.45) is 22.7 Å². The average molecular weight is 427 g/mol. The van der Waals surface area contributed by atoms with Crippen LogP contribution in [0.25, 0.3) is 0 Å². The van der Waals surface area contributed by atoms with E-state index in [4.69, 9.17) is 0 Å². The van der Waals surface area contributed by atoms with E-state index in [-0.39, 0.29) is 24.0 Å². The van der Waals surface area contributed by atoms with Crippen LogP contribution in [0.1, 0.15) is 38.2 Å². The fraction of sp³-hybridized carbons (Fsp3) is 0.632. The highest BCUT2D eigenvalue weighted by Crippen LogP contribution is 2.46. The summed E-state index contributed by atoms with van der Waals surface area (Å²) in [5.74, 6) is 4.13. The van der Waals surface area contributed by atoms with Crippen LogP contribution in [0.15, 0.2) is 35.3 Å². The second-order valence-electron chi connectivity index (χ2n) is 7.29. The lowest BCUT2D eigenvalue weighted by Crippen LogP contribution is -2.48. The van der Waals surface area contributed by atoms with E-state index in [2.05, 4.69) is 59.4 Å². The van der Waals surface area contributed by atoms with Gasteiger partial charge in [0.15, 0.2) is 5.96 Å². The minimum absolute atomic E-state index is 0. The number of aliphatic imine (C=N–C) groups is 1. The van der Waals surface area contributed by atoms with Gasteiger partial charge in [-0.15, -0.1) is 24.0 Å². The molecule has 1 saturated heterocycles. The summed E-state index contributed by atoms with van der Waals surface area (Å²) in [6.07, 6.45) is 2.65. The van der Waals surface area contributed by atoms with Gasteiger partial charge in [-0.05, 0) is 42.1 Å². The summed E-state index contributed by atoms with van der Waals surface area (Å²) < 4.78 is 0. The second kappa shape index (κ2) is 8.36. The van der Waals surface area contributed by atoms with E-state index in [1.54, 1.807) is 0 Å². The Hall–Kier alpha value is -0.780. The maximum atomic E-state index is 4.51. The highest BCUT2D eigenvalue weighted by Gasteiger charge is 2.38. The molecule has 1 aliphatic heterocycles. The molecule has 1 N–H and O–H groups in total. The van der Waals surface area contributed by atoms with Gasteiger partial charge in [0.05, 0.1) is 0 Å². The molecule has 23 heavy (non-hydrogen) atoms. The third-order valence-corrected chi connectivity index (χ3v) is 5.05. The van der Waals surface area contributed by atoms with Gasteiger partial charge in [-0.3, -0.25) is 4.99 Å². The molecule has 1 aliphatic carbocycles. The van der Waals surface area contributed by atoms with E-state index in [9.17, 15) is 0 Å². The molecular formula is C19H30IN3. The molecule has 1 heterocycles. The van der Waals surface area contributed by atoms with Crippen molar-refractivity contribution in [1.29, 1.82) is 0 Å². The standard InChI is InChI=1S/C19H29N3.HI/c1-14-9-15(2)13-22(12-14)19(20-3)21-11-17-10-18(17)16-7-5-4-6-8-16;/h4-8,14-15,17-18H,9-13H2,1-3H3,(H,20,21);1H. The molecule has 0 aromatic heterocycles. The Labute approximate surface area is 158 Å². The van der Waals surface area contributed by atoms with E-state index in [1.165, 1.54) is 18.4 Å². The third kappa shape index (κ3) is 4.85. The van der Waals surface area contributed by atoms with Crippen LogP contribution in [0.5, 0.6) is 0 Å². The highest BCUT2D eigenvalue weighted by molar-refractivity contribution is 14.0. The summed E-state index contributed by atoms with van der Waals surface area (Å²) in [6.45, 7) is 8.02. The van der Waals surface area contributed by atoms with Crippen molar-refractivity contribution >= 4 is 29.9 Å². The number of piperidine rings is 1. The lowest BCUT2D eigenvalue weighted by atomic mass is 9.92. The lowest BCUT2D eigenvalue weighted by molar-refractivity contribution is 0.208. The molecule has 4 heteroatoms. The number of rotatable bonds is 3. The largest absolute Gasteiger partial charge is 0.356 e. The maximum absolute atomic E-state index is 4.51. The van der Waals surface area contributed by atoms with Gasteiger partial charge in [0.2, 0.25) is 0 Å². The number of nitrogens with one attached hydrogen (secondary N) is 1. The summed E-state index contributed by atoms with van der Waals surface area (Å²) in [4.78, 5) is 6.95. The number of guanidine groups is 1. The van der Waals surface area contributed by atoms with Crippen LogP contribution in [-0.4, -0.2) is 37.5 Å². The van der Waals surface area contributed by atoms with Crippen molar-refractivity contribution in [1.82, 2.24) is 10.2 Å². The normalized spacial score (nSPS) is 30.6. The summed E-state index contributed by atoms with van der Waals surface area (Å²) in [6, 6.07) is 10.9. The summed E-state index contributed by atoms with van der Waals surface area (Å²) in [5, 5.41) is 3.62. The molecule has 0 bridgehead atoms.